The first kappa shape index (κ1) is 14.3. The maximum atomic E-state index is 11.7. The quantitative estimate of drug-likeness (QED) is 0.752. The minimum atomic E-state index is -0.372. The first-order valence-corrected chi connectivity index (χ1v) is 6.02. The molecule has 2 unspecified atom stereocenters. The number of hydrogen-bond acceptors (Lipinski definition) is 4. The third kappa shape index (κ3) is 4.24. The van der Waals surface area contributed by atoms with Crippen molar-refractivity contribution in [2.24, 2.45) is 17.6 Å². The number of furan rings is 1. The van der Waals surface area contributed by atoms with Crippen LogP contribution in [0.25, 0.3) is 0 Å². The normalized spacial score (nSPS) is 13.9. The van der Waals surface area contributed by atoms with E-state index in [2.05, 4.69) is 0 Å². The topological polar surface area (TPSA) is 82.5 Å². The minimum absolute atomic E-state index is 0.115. The standard InChI is InChI=1S/C13H19NO4/c1-3-10(12(14)15)7-9(2)13(16)18-8-11-5-4-6-17-11/h4-6,9-10H,3,7-8H2,1-2H3,(H2,14,15). The van der Waals surface area contributed by atoms with E-state index in [1.54, 1.807) is 19.1 Å². The molecule has 0 aliphatic heterocycles. The molecule has 0 bridgehead atoms. The Balaban J connectivity index is 2.38. The van der Waals surface area contributed by atoms with Crippen molar-refractivity contribution in [1.29, 1.82) is 0 Å². The summed E-state index contributed by atoms with van der Waals surface area (Å²) in [6.07, 6.45) is 2.57. The van der Waals surface area contributed by atoms with E-state index < -0.39 is 0 Å². The van der Waals surface area contributed by atoms with Crippen molar-refractivity contribution >= 4 is 11.9 Å². The second kappa shape index (κ2) is 6.83. The summed E-state index contributed by atoms with van der Waals surface area (Å²) in [5.41, 5.74) is 5.24. The van der Waals surface area contributed by atoms with Crippen LogP contribution in [0.2, 0.25) is 0 Å². The number of amides is 1. The molecule has 1 amide bonds. The van der Waals surface area contributed by atoms with E-state index in [0.29, 0.717) is 18.6 Å². The van der Waals surface area contributed by atoms with E-state index in [9.17, 15) is 9.59 Å². The lowest BCUT2D eigenvalue weighted by Gasteiger charge is -2.15. The fourth-order valence-corrected chi connectivity index (χ4v) is 1.69. The van der Waals surface area contributed by atoms with E-state index in [0.717, 1.165) is 0 Å². The van der Waals surface area contributed by atoms with Crippen LogP contribution < -0.4 is 5.73 Å². The molecule has 0 saturated heterocycles. The predicted octanol–water partition coefficient (Wildman–Crippen LogP) is 1.86. The third-order valence-electron chi connectivity index (χ3n) is 2.87. The molecule has 100 valence electrons. The molecule has 5 heteroatoms. The van der Waals surface area contributed by atoms with Crippen molar-refractivity contribution in [3.8, 4) is 0 Å². The van der Waals surface area contributed by atoms with Gasteiger partial charge in [0, 0.05) is 5.92 Å². The molecule has 0 spiro atoms. The molecular formula is C13H19NO4. The lowest BCUT2D eigenvalue weighted by atomic mass is 9.93. The minimum Gasteiger partial charge on any atom is -0.466 e. The average molecular weight is 253 g/mol. The van der Waals surface area contributed by atoms with Crippen LogP contribution in [0.5, 0.6) is 0 Å². The Bertz CT molecular complexity index is 386. The van der Waals surface area contributed by atoms with Crippen molar-refractivity contribution in [1.82, 2.24) is 0 Å². The molecule has 0 aliphatic rings. The van der Waals surface area contributed by atoms with Gasteiger partial charge in [0.25, 0.3) is 0 Å². The van der Waals surface area contributed by atoms with Crippen LogP contribution in [0.3, 0.4) is 0 Å². The highest BCUT2D eigenvalue weighted by Crippen LogP contribution is 2.17. The summed E-state index contributed by atoms with van der Waals surface area (Å²) in [7, 11) is 0. The molecule has 2 N–H and O–H groups in total. The maximum absolute atomic E-state index is 11.7. The zero-order valence-corrected chi connectivity index (χ0v) is 10.7. The fraction of sp³-hybridized carbons (Fsp3) is 0.538. The first-order valence-electron chi connectivity index (χ1n) is 6.02. The van der Waals surface area contributed by atoms with Crippen LogP contribution >= 0.6 is 0 Å². The second-order valence-electron chi connectivity index (χ2n) is 4.33. The highest BCUT2D eigenvalue weighted by Gasteiger charge is 2.22. The molecule has 18 heavy (non-hydrogen) atoms. The number of hydrogen-bond donors (Lipinski definition) is 1. The molecule has 0 fully saturated rings. The van der Waals surface area contributed by atoms with Gasteiger partial charge in [0.1, 0.15) is 12.4 Å². The smallest absolute Gasteiger partial charge is 0.309 e. The van der Waals surface area contributed by atoms with Crippen molar-refractivity contribution in [2.75, 3.05) is 0 Å². The maximum Gasteiger partial charge on any atom is 0.309 e. The van der Waals surface area contributed by atoms with Crippen molar-refractivity contribution in [3.63, 3.8) is 0 Å². The molecule has 1 aromatic heterocycles. The number of carbonyl (C=O) groups is 2. The van der Waals surface area contributed by atoms with Gasteiger partial charge in [0.05, 0.1) is 12.2 Å². The molecular weight excluding hydrogens is 234 g/mol. The van der Waals surface area contributed by atoms with E-state index in [-0.39, 0.29) is 30.3 Å². The zero-order valence-electron chi connectivity index (χ0n) is 10.7. The van der Waals surface area contributed by atoms with Gasteiger partial charge in [-0.15, -0.1) is 0 Å². The molecule has 0 aromatic carbocycles. The number of nitrogens with two attached hydrogens (primary N) is 1. The molecule has 0 saturated carbocycles. The Morgan fingerprint density at radius 1 is 1.50 bits per heavy atom. The number of carbonyl (C=O) groups excluding carboxylic acids is 2. The SMILES string of the molecule is CCC(CC(C)C(=O)OCc1ccco1)C(N)=O. The largest absolute Gasteiger partial charge is 0.466 e. The highest BCUT2D eigenvalue weighted by molar-refractivity contribution is 5.78. The van der Waals surface area contributed by atoms with Crippen LogP contribution in [0.15, 0.2) is 22.8 Å². The van der Waals surface area contributed by atoms with Gasteiger partial charge in [-0.1, -0.05) is 13.8 Å². The van der Waals surface area contributed by atoms with Crippen LogP contribution in [-0.4, -0.2) is 11.9 Å². The Morgan fingerprint density at radius 3 is 2.72 bits per heavy atom. The Labute approximate surface area is 106 Å². The van der Waals surface area contributed by atoms with E-state index in [4.69, 9.17) is 14.9 Å². The summed E-state index contributed by atoms with van der Waals surface area (Å²) in [6, 6.07) is 3.46. The number of rotatable bonds is 7. The van der Waals surface area contributed by atoms with Crippen LogP contribution in [0.1, 0.15) is 32.4 Å². The van der Waals surface area contributed by atoms with Gasteiger partial charge in [-0.2, -0.15) is 0 Å². The van der Waals surface area contributed by atoms with Gasteiger partial charge in [-0.05, 0) is 25.0 Å². The molecule has 2 atom stereocenters. The summed E-state index contributed by atoms with van der Waals surface area (Å²) in [6.45, 7) is 3.72. The molecule has 1 aromatic rings. The Kier molecular flexibility index (Phi) is 5.42. The average Bonchev–Trinajstić information content (AvgIpc) is 2.85. The summed E-state index contributed by atoms with van der Waals surface area (Å²) < 4.78 is 10.1. The second-order valence-corrected chi connectivity index (χ2v) is 4.33. The molecule has 1 rings (SSSR count). The third-order valence-corrected chi connectivity index (χ3v) is 2.87. The molecule has 0 aliphatic carbocycles. The van der Waals surface area contributed by atoms with E-state index in [1.807, 2.05) is 6.92 Å². The van der Waals surface area contributed by atoms with Crippen molar-refractivity contribution < 1.29 is 18.7 Å². The van der Waals surface area contributed by atoms with Gasteiger partial charge in [0.15, 0.2) is 0 Å². The zero-order chi connectivity index (χ0) is 13.5. The van der Waals surface area contributed by atoms with Crippen LogP contribution in [0, 0.1) is 11.8 Å². The first-order chi connectivity index (χ1) is 8.54. The molecule has 0 radical (unpaired) electrons. The van der Waals surface area contributed by atoms with E-state index in [1.165, 1.54) is 6.26 Å². The number of esters is 1. The Morgan fingerprint density at radius 2 is 2.22 bits per heavy atom. The number of primary amides is 1. The van der Waals surface area contributed by atoms with Gasteiger partial charge in [-0.25, -0.2) is 0 Å². The lowest BCUT2D eigenvalue weighted by molar-refractivity contribution is -0.150. The van der Waals surface area contributed by atoms with Gasteiger partial charge in [-0.3, -0.25) is 9.59 Å². The summed E-state index contributed by atoms with van der Waals surface area (Å²) in [5.74, 6) is -0.750. The highest BCUT2D eigenvalue weighted by atomic mass is 16.5. The number of ether oxygens (including phenoxy) is 1. The lowest BCUT2D eigenvalue weighted by Crippen LogP contribution is -2.27. The van der Waals surface area contributed by atoms with Gasteiger partial charge >= 0.3 is 5.97 Å². The monoisotopic (exact) mass is 253 g/mol. The Hall–Kier alpha value is -1.78. The summed E-state index contributed by atoms with van der Waals surface area (Å²) in [5, 5.41) is 0. The van der Waals surface area contributed by atoms with Crippen LogP contribution in [-0.2, 0) is 20.9 Å². The van der Waals surface area contributed by atoms with Crippen LogP contribution in [0.4, 0.5) is 0 Å². The van der Waals surface area contributed by atoms with Crippen molar-refractivity contribution in [2.45, 2.75) is 33.3 Å². The van der Waals surface area contributed by atoms with Crippen molar-refractivity contribution in [3.05, 3.63) is 24.2 Å². The van der Waals surface area contributed by atoms with Gasteiger partial charge in [0.2, 0.25) is 5.91 Å². The molecule has 5 nitrogen and oxygen atoms in total. The summed E-state index contributed by atoms with van der Waals surface area (Å²) >= 11 is 0. The van der Waals surface area contributed by atoms with E-state index >= 15 is 0 Å². The molecule has 1 heterocycles. The summed E-state index contributed by atoms with van der Waals surface area (Å²) in [4.78, 5) is 22.8. The fourth-order valence-electron chi connectivity index (χ4n) is 1.69. The van der Waals surface area contributed by atoms with Gasteiger partial charge < -0.3 is 14.9 Å². The predicted molar refractivity (Wildman–Crippen MR) is 65.3 cm³/mol.